The summed E-state index contributed by atoms with van der Waals surface area (Å²) in [6.07, 6.45) is 0.942. The van der Waals surface area contributed by atoms with E-state index in [1.165, 1.54) is 5.56 Å². The van der Waals surface area contributed by atoms with Crippen LogP contribution in [0.25, 0.3) is 0 Å². The van der Waals surface area contributed by atoms with Crippen LogP contribution in [0.5, 0.6) is 0 Å². The third-order valence-electron chi connectivity index (χ3n) is 3.72. The van der Waals surface area contributed by atoms with Gasteiger partial charge in [-0.2, -0.15) is 0 Å². The molecule has 3 heteroatoms. The van der Waals surface area contributed by atoms with Crippen molar-refractivity contribution >= 4 is 5.91 Å². The molecule has 1 aromatic carbocycles. The SMILES string of the molecule is CC(C)(C)C(NC(=O)C1CCNC1)c1ccccc1. The molecule has 2 unspecified atom stereocenters. The molecule has 1 aromatic rings. The topological polar surface area (TPSA) is 41.1 Å². The lowest BCUT2D eigenvalue weighted by atomic mass is 9.82. The first-order valence-corrected chi connectivity index (χ1v) is 7.04. The molecule has 19 heavy (non-hydrogen) atoms. The Kier molecular flexibility index (Phi) is 4.25. The van der Waals surface area contributed by atoms with Crippen molar-refractivity contribution in [3.05, 3.63) is 35.9 Å². The van der Waals surface area contributed by atoms with Crippen molar-refractivity contribution in [1.29, 1.82) is 0 Å². The molecule has 0 spiro atoms. The summed E-state index contributed by atoms with van der Waals surface area (Å²) in [5.41, 5.74) is 1.18. The molecule has 3 nitrogen and oxygen atoms in total. The van der Waals surface area contributed by atoms with E-state index in [1.54, 1.807) is 0 Å². The third-order valence-corrected chi connectivity index (χ3v) is 3.72. The number of hydrogen-bond donors (Lipinski definition) is 2. The Bertz CT molecular complexity index is 416. The molecule has 2 rings (SSSR count). The molecule has 0 saturated carbocycles. The maximum atomic E-state index is 12.3. The molecular formula is C16H24N2O. The van der Waals surface area contributed by atoms with E-state index in [0.717, 1.165) is 19.5 Å². The molecule has 0 aliphatic carbocycles. The van der Waals surface area contributed by atoms with Gasteiger partial charge in [-0.05, 0) is 23.9 Å². The van der Waals surface area contributed by atoms with Gasteiger partial charge in [-0.3, -0.25) is 4.79 Å². The summed E-state index contributed by atoms with van der Waals surface area (Å²) in [4.78, 5) is 12.3. The number of hydrogen-bond acceptors (Lipinski definition) is 2. The number of rotatable bonds is 3. The van der Waals surface area contributed by atoms with Gasteiger partial charge < -0.3 is 10.6 Å². The molecular weight excluding hydrogens is 236 g/mol. The van der Waals surface area contributed by atoms with Gasteiger partial charge in [-0.25, -0.2) is 0 Å². The predicted molar refractivity (Wildman–Crippen MR) is 77.8 cm³/mol. The van der Waals surface area contributed by atoms with E-state index in [1.807, 2.05) is 18.2 Å². The average molecular weight is 260 g/mol. The van der Waals surface area contributed by atoms with Crippen LogP contribution >= 0.6 is 0 Å². The summed E-state index contributed by atoms with van der Waals surface area (Å²) in [5.74, 6) is 0.294. The summed E-state index contributed by atoms with van der Waals surface area (Å²) >= 11 is 0. The minimum absolute atomic E-state index is 0.00302. The first-order valence-electron chi connectivity index (χ1n) is 7.04. The maximum Gasteiger partial charge on any atom is 0.224 e. The minimum atomic E-state index is 0.00302. The molecule has 2 N–H and O–H groups in total. The van der Waals surface area contributed by atoms with Crippen LogP contribution in [-0.2, 0) is 4.79 Å². The second-order valence-electron chi connectivity index (χ2n) is 6.41. The van der Waals surface area contributed by atoms with Gasteiger partial charge in [-0.1, -0.05) is 51.1 Å². The lowest BCUT2D eigenvalue weighted by Gasteiger charge is -2.32. The number of carbonyl (C=O) groups is 1. The predicted octanol–water partition coefficient (Wildman–Crippen LogP) is 2.50. The zero-order valence-corrected chi connectivity index (χ0v) is 12.1. The van der Waals surface area contributed by atoms with Crippen molar-refractivity contribution in [2.75, 3.05) is 13.1 Å². The van der Waals surface area contributed by atoms with Gasteiger partial charge in [0.15, 0.2) is 0 Å². The van der Waals surface area contributed by atoms with Gasteiger partial charge in [0.2, 0.25) is 5.91 Å². The summed E-state index contributed by atoms with van der Waals surface area (Å²) in [5, 5.41) is 6.48. The van der Waals surface area contributed by atoms with Crippen molar-refractivity contribution in [3.63, 3.8) is 0 Å². The fourth-order valence-corrected chi connectivity index (χ4v) is 2.58. The smallest absolute Gasteiger partial charge is 0.224 e. The van der Waals surface area contributed by atoms with Crippen molar-refractivity contribution in [2.24, 2.45) is 11.3 Å². The molecule has 0 aromatic heterocycles. The zero-order valence-electron chi connectivity index (χ0n) is 12.1. The van der Waals surface area contributed by atoms with E-state index in [2.05, 4.69) is 43.5 Å². The van der Waals surface area contributed by atoms with Gasteiger partial charge in [0.1, 0.15) is 0 Å². The lowest BCUT2D eigenvalue weighted by Crippen LogP contribution is -2.40. The Morgan fingerprint density at radius 2 is 2.00 bits per heavy atom. The molecule has 1 aliphatic heterocycles. The van der Waals surface area contributed by atoms with Crippen LogP contribution < -0.4 is 10.6 Å². The van der Waals surface area contributed by atoms with Gasteiger partial charge in [-0.15, -0.1) is 0 Å². The Morgan fingerprint density at radius 3 is 2.53 bits per heavy atom. The molecule has 1 saturated heterocycles. The van der Waals surface area contributed by atoms with Gasteiger partial charge >= 0.3 is 0 Å². The fourth-order valence-electron chi connectivity index (χ4n) is 2.58. The van der Waals surface area contributed by atoms with Crippen LogP contribution in [0.1, 0.15) is 38.8 Å². The Balaban J connectivity index is 2.13. The average Bonchev–Trinajstić information content (AvgIpc) is 2.89. The minimum Gasteiger partial charge on any atom is -0.348 e. The zero-order chi connectivity index (χ0) is 13.9. The Morgan fingerprint density at radius 1 is 1.32 bits per heavy atom. The van der Waals surface area contributed by atoms with Crippen molar-refractivity contribution in [3.8, 4) is 0 Å². The third kappa shape index (κ3) is 3.57. The highest BCUT2D eigenvalue weighted by Crippen LogP contribution is 2.33. The molecule has 104 valence electrons. The van der Waals surface area contributed by atoms with E-state index in [-0.39, 0.29) is 23.3 Å². The number of amides is 1. The van der Waals surface area contributed by atoms with Crippen LogP contribution in [0.3, 0.4) is 0 Å². The van der Waals surface area contributed by atoms with Gasteiger partial charge in [0.25, 0.3) is 0 Å². The fraction of sp³-hybridized carbons (Fsp3) is 0.562. The van der Waals surface area contributed by atoms with Crippen molar-refractivity contribution < 1.29 is 4.79 Å². The molecule has 1 fully saturated rings. The highest BCUT2D eigenvalue weighted by Gasteiger charge is 2.31. The molecule has 1 amide bonds. The highest BCUT2D eigenvalue weighted by molar-refractivity contribution is 5.79. The van der Waals surface area contributed by atoms with Gasteiger partial charge in [0, 0.05) is 6.54 Å². The van der Waals surface area contributed by atoms with Crippen molar-refractivity contribution in [1.82, 2.24) is 10.6 Å². The number of carbonyl (C=O) groups excluding carboxylic acids is 1. The molecule has 0 radical (unpaired) electrons. The Labute approximate surface area is 115 Å². The van der Waals surface area contributed by atoms with Crippen LogP contribution in [-0.4, -0.2) is 19.0 Å². The van der Waals surface area contributed by atoms with Crippen LogP contribution in [0.4, 0.5) is 0 Å². The van der Waals surface area contributed by atoms with Crippen LogP contribution in [0.2, 0.25) is 0 Å². The van der Waals surface area contributed by atoms with Crippen LogP contribution in [0, 0.1) is 11.3 Å². The lowest BCUT2D eigenvalue weighted by molar-refractivity contribution is -0.126. The van der Waals surface area contributed by atoms with Crippen LogP contribution in [0.15, 0.2) is 30.3 Å². The highest BCUT2D eigenvalue weighted by atomic mass is 16.2. The number of benzene rings is 1. The quantitative estimate of drug-likeness (QED) is 0.876. The van der Waals surface area contributed by atoms with E-state index >= 15 is 0 Å². The summed E-state index contributed by atoms with van der Waals surface area (Å²) in [7, 11) is 0. The molecule has 2 atom stereocenters. The summed E-state index contributed by atoms with van der Waals surface area (Å²) in [6, 6.07) is 10.3. The van der Waals surface area contributed by atoms with E-state index in [9.17, 15) is 4.79 Å². The van der Waals surface area contributed by atoms with Crippen molar-refractivity contribution in [2.45, 2.75) is 33.2 Å². The van der Waals surface area contributed by atoms with E-state index in [4.69, 9.17) is 0 Å². The largest absolute Gasteiger partial charge is 0.348 e. The molecule has 1 heterocycles. The normalized spacial score (nSPS) is 21.1. The summed E-state index contributed by atoms with van der Waals surface area (Å²) in [6.45, 7) is 8.24. The second-order valence-corrected chi connectivity index (χ2v) is 6.41. The molecule has 0 bridgehead atoms. The first-order chi connectivity index (χ1) is 8.98. The first kappa shape index (κ1) is 14.1. The van der Waals surface area contributed by atoms with E-state index < -0.39 is 0 Å². The Hall–Kier alpha value is -1.35. The molecule has 1 aliphatic rings. The van der Waals surface area contributed by atoms with E-state index in [0.29, 0.717) is 0 Å². The second kappa shape index (κ2) is 5.74. The van der Waals surface area contributed by atoms with Gasteiger partial charge in [0.05, 0.1) is 12.0 Å². The maximum absolute atomic E-state index is 12.3. The standard InChI is InChI=1S/C16H24N2O/c1-16(2,3)14(12-7-5-4-6-8-12)18-15(19)13-9-10-17-11-13/h4-8,13-14,17H,9-11H2,1-3H3,(H,18,19). The number of nitrogens with one attached hydrogen (secondary N) is 2. The summed E-state index contributed by atoms with van der Waals surface area (Å²) < 4.78 is 0. The monoisotopic (exact) mass is 260 g/mol.